The third-order valence-electron chi connectivity index (χ3n) is 11.6. The van der Waals surface area contributed by atoms with Gasteiger partial charge in [-0.3, -0.25) is 0 Å². The number of hydrogen-bond donors (Lipinski definition) is 0. The van der Waals surface area contributed by atoms with Crippen molar-refractivity contribution >= 4 is 0 Å². The highest BCUT2D eigenvalue weighted by Gasteiger charge is 2.42. The van der Waals surface area contributed by atoms with E-state index in [-0.39, 0.29) is 0 Å². The summed E-state index contributed by atoms with van der Waals surface area (Å²) >= 11 is 0. The molecule has 2 aromatic carbocycles. The second-order valence-electron chi connectivity index (χ2n) is 16.0. The molecule has 8 rings (SSSR count). The largest absolute Gasteiger partial charge is 0.0773 e. The van der Waals surface area contributed by atoms with Crippen LogP contribution in [0.1, 0.15) is 102 Å². The lowest BCUT2D eigenvalue weighted by Gasteiger charge is -2.21. The average Bonchev–Trinajstić information content (AvgIpc) is 3.65. The van der Waals surface area contributed by atoms with E-state index >= 15 is 0 Å². The van der Waals surface area contributed by atoms with Gasteiger partial charge in [-0.2, -0.15) is 0 Å². The van der Waals surface area contributed by atoms with Crippen molar-refractivity contribution in [1.29, 1.82) is 0 Å². The van der Waals surface area contributed by atoms with E-state index < -0.39 is 0 Å². The van der Waals surface area contributed by atoms with Crippen LogP contribution in [0.3, 0.4) is 0 Å². The molecule has 0 aromatic heterocycles. The summed E-state index contributed by atoms with van der Waals surface area (Å²) < 4.78 is 0. The molecule has 0 heteroatoms. The zero-order chi connectivity index (χ0) is 27.2. The molecule has 0 N–H and O–H groups in total. The van der Waals surface area contributed by atoms with Crippen molar-refractivity contribution in [3.63, 3.8) is 0 Å². The van der Waals surface area contributed by atoms with Crippen molar-refractivity contribution < 1.29 is 0 Å². The number of hydrogen-bond acceptors (Lipinski definition) is 0. The van der Waals surface area contributed by atoms with Crippen LogP contribution in [0.25, 0.3) is 11.1 Å². The van der Waals surface area contributed by atoms with Gasteiger partial charge in [-0.15, -0.1) is 0 Å². The second-order valence-corrected chi connectivity index (χ2v) is 16.0. The predicted molar refractivity (Wildman–Crippen MR) is 168 cm³/mol. The molecule has 0 nitrogen and oxygen atoms in total. The van der Waals surface area contributed by atoms with Crippen molar-refractivity contribution in [1.82, 2.24) is 0 Å². The molecule has 0 saturated heterocycles. The van der Waals surface area contributed by atoms with Crippen molar-refractivity contribution in [3.05, 3.63) is 106 Å². The maximum Gasteiger partial charge on any atom is -0.0144 e. The summed E-state index contributed by atoms with van der Waals surface area (Å²) in [6.45, 7) is 9.77. The van der Waals surface area contributed by atoms with Gasteiger partial charge in [-0.1, -0.05) is 101 Å². The van der Waals surface area contributed by atoms with Crippen LogP contribution in [0.4, 0.5) is 0 Å². The fourth-order valence-corrected chi connectivity index (χ4v) is 10.0. The lowest BCUT2D eigenvalue weighted by molar-refractivity contribution is 0.401. The quantitative estimate of drug-likeness (QED) is 0.373. The van der Waals surface area contributed by atoms with E-state index in [2.05, 4.69) is 101 Å². The van der Waals surface area contributed by atoms with Gasteiger partial charge in [-0.05, 0) is 142 Å². The standard InChI is InChI=1S/C40H46/c1-39(2)21-31-17-25-13-29(14-26(25)18-32(31)22-39)35-9-5-7-11-37(35)38-12-8-6-10-36(38)30-15-27-19-33-23-40(3,4)24-34(33)20-28(27)16-30/h5-12,17-20,25-30H,13-16,21-24H2,1-4H3. The van der Waals surface area contributed by atoms with Gasteiger partial charge in [-0.25, -0.2) is 0 Å². The minimum absolute atomic E-state index is 0.450. The van der Waals surface area contributed by atoms with E-state index in [9.17, 15) is 0 Å². The second kappa shape index (κ2) is 8.95. The fraction of sp³-hybridized carbons (Fsp3) is 0.500. The molecule has 6 aliphatic rings. The topological polar surface area (TPSA) is 0 Å². The predicted octanol–water partition coefficient (Wildman–Crippen LogP) is 10.9. The SMILES string of the molecule is CC1(C)CC2=CC3CC(c4ccccc4-c4ccccc4C4CC5C=C6CC(C)(C)CC6=CC5C4)CC3C=C2C1. The Morgan fingerprint density at radius 3 is 1.07 bits per heavy atom. The van der Waals surface area contributed by atoms with Crippen LogP contribution >= 0.6 is 0 Å². The monoisotopic (exact) mass is 526 g/mol. The Labute approximate surface area is 242 Å². The summed E-state index contributed by atoms with van der Waals surface area (Å²) in [5.41, 5.74) is 13.8. The van der Waals surface area contributed by atoms with Crippen LogP contribution in [-0.2, 0) is 0 Å². The third-order valence-corrected chi connectivity index (χ3v) is 11.6. The zero-order valence-electron chi connectivity index (χ0n) is 25.0. The lowest BCUT2D eigenvalue weighted by Crippen LogP contribution is -2.08. The molecule has 0 amide bonds. The minimum Gasteiger partial charge on any atom is -0.0773 e. The summed E-state index contributed by atoms with van der Waals surface area (Å²) in [7, 11) is 0. The Hall–Kier alpha value is -2.60. The van der Waals surface area contributed by atoms with Crippen LogP contribution in [0.2, 0.25) is 0 Å². The lowest BCUT2D eigenvalue weighted by atomic mass is 9.83. The molecule has 4 unspecified atom stereocenters. The Morgan fingerprint density at radius 1 is 0.450 bits per heavy atom. The first kappa shape index (κ1) is 25.1. The number of rotatable bonds is 3. The van der Waals surface area contributed by atoms with Crippen LogP contribution in [0, 0.1) is 34.5 Å². The van der Waals surface area contributed by atoms with Crippen molar-refractivity contribution in [2.24, 2.45) is 34.5 Å². The highest BCUT2D eigenvalue weighted by Crippen LogP contribution is 2.56. The Balaban J connectivity index is 1.08. The molecular weight excluding hydrogens is 480 g/mol. The van der Waals surface area contributed by atoms with Gasteiger partial charge in [0.1, 0.15) is 0 Å². The molecule has 0 heterocycles. The first-order valence-corrected chi connectivity index (χ1v) is 16.2. The Morgan fingerprint density at radius 2 is 0.750 bits per heavy atom. The smallest absolute Gasteiger partial charge is 0.0144 e. The summed E-state index contributed by atoms with van der Waals surface area (Å²) in [4.78, 5) is 0. The number of allylic oxidation sites excluding steroid dienone is 8. The van der Waals surface area contributed by atoms with Crippen molar-refractivity contribution in [2.75, 3.05) is 0 Å². The molecule has 0 aliphatic heterocycles. The molecule has 4 saturated carbocycles. The molecule has 0 bridgehead atoms. The summed E-state index contributed by atoms with van der Waals surface area (Å²) in [6, 6.07) is 18.9. The molecule has 4 atom stereocenters. The Kier molecular flexibility index (Phi) is 5.62. The van der Waals surface area contributed by atoms with Gasteiger partial charge in [0.2, 0.25) is 0 Å². The molecule has 40 heavy (non-hydrogen) atoms. The van der Waals surface area contributed by atoms with Gasteiger partial charge in [0.25, 0.3) is 0 Å². The van der Waals surface area contributed by atoms with E-state index in [4.69, 9.17) is 0 Å². The van der Waals surface area contributed by atoms with Crippen LogP contribution < -0.4 is 0 Å². The first-order chi connectivity index (χ1) is 19.2. The van der Waals surface area contributed by atoms with Crippen LogP contribution in [0.15, 0.2) is 95.1 Å². The molecule has 2 aromatic rings. The normalized spacial score (nSPS) is 34.7. The highest BCUT2D eigenvalue weighted by atomic mass is 14.5. The van der Waals surface area contributed by atoms with Crippen molar-refractivity contribution in [3.8, 4) is 11.1 Å². The summed E-state index contributed by atoms with van der Waals surface area (Å²) in [6.07, 6.45) is 21.1. The average molecular weight is 527 g/mol. The van der Waals surface area contributed by atoms with Gasteiger partial charge in [0, 0.05) is 0 Å². The Bertz CT molecular complexity index is 1310. The van der Waals surface area contributed by atoms with E-state index in [1.807, 2.05) is 0 Å². The maximum atomic E-state index is 2.70. The van der Waals surface area contributed by atoms with Gasteiger partial charge >= 0.3 is 0 Å². The molecule has 0 spiro atoms. The third kappa shape index (κ3) is 4.24. The minimum atomic E-state index is 0.450. The molecular formula is C40H46. The highest BCUT2D eigenvalue weighted by molar-refractivity contribution is 5.72. The number of fused-ring (bicyclic) bond motifs is 4. The van der Waals surface area contributed by atoms with Gasteiger partial charge < -0.3 is 0 Å². The van der Waals surface area contributed by atoms with E-state index in [0.717, 1.165) is 23.7 Å². The van der Waals surface area contributed by atoms with E-state index in [1.54, 1.807) is 33.4 Å². The van der Waals surface area contributed by atoms with E-state index in [0.29, 0.717) is 22.7 Å². The molecule has 0 radical (unpaired) electrons. The van der Waals surface area contributed by atoms with Crippen LogP contribution in [-0.4, -0.2) is 0 Å². The zero-order valence-corrected chi connectivity index (χ0v) is 25.0. The fourth-order valence-electron chi connectivity index (χ4n) is 10.0. The maximum absolute atomic E-state index is 2.70. The summed E-state index contributed by atoms with van der Waals surface area (Å²) in [5.74, 6) is 4.22. The van der Waals surface area contributed by atoms with E-state index in [1.165, 1.54) is 62.5 Å². The van der Waals surface area contributed by atoms with Gasteiger partial charge in [0.05, 0.1) is 0 Å². The van der Waals surface area contributed by atoms with Gasteiger partial charge in [0.15, 0.2) is 0 Å². The number of benzene rings is 2. The molecule has 4 fully saturated rings. The first-order valence-electron chi connectivity index (χ1n) is 16.2. The molecule has 6 aliphatic carbocycles. The molecule has 206 valence electrons. The summed E-state index contributed by atoms with van der Waals surface area (Å²) in [5, 5.41) is 0. The van der Waals surface area contributed by atoms with Crippen LogP contribution in [0.5, 0.6) is 0 Å². The van der Waals surface area contributed by atoms with Crippen molar-refractivity contribution in [2.45, 2.75) is 90.9 Å².